The van der Waals surface area contributed by atoms with Crippen molar-refractivity contribution in [1.82, 2.24) is 19.3 Å². The Bertz CT molecular complexity index is 1680. The Kier molecular flexibility index (Phi) is 6.29. The van der Waals surface area contributed by atoms with Crippen molar-refractivity contribution in [1.29, 1.82) is 5.26 Å². The van der Waals surface area contributed by atoms with Crippen LogP contribution in [0, 0.1) is 17.1 Å². The summed E-state index contributed by atoms with van der Waals surface area (Å²) in [6.45, 7) is 7.38. The lowest BCUT2D eigenvalue weighted by atomic mass is 9.95. The number of carbonyl (C=O) groups is 1. The number of anilines is 1. The van der Waals surface area contributed by atoms with Gasteiger partial charge in [-0.3, -0.25) is 4.40 Å². The van der Waals surface area contributed by atoms with Crippen LogP contribution in [0.3, 0.4) is 0 Å². The summed E-state index contributed by atoms with van der Waals surface area (Å²) in [6, 6.07) is 11.3. The molecule has 0 aliphatic carbocycles. The SMILES string of the molecule is CC(C)(C)OC(=O)N1CCc2cc(-c3cnc(NCc4c(F)ccc5c4CCO5)n4cc(C#N)nc34)ccc2C1. The molecule has 0 radical (unpaired) electrons. The lowest BCUT2D eigenvalue weighted by molar-refractivity contribution is 0.0224. The second-order valence-corrected chi connectivity index (χ2v) is 11.0. The summed E-state index contributed by atoms with van der Waals surface area (Å²) in [4.78, 5) is 23.5. The maximum atomic E-state index is 14.7. The van der Waals surface area contributed by atoms with Crippen molar-refractivity contribution >= 4 is 17.7 Å². The third-order valence-electron chi connectivity index (χ3n) is 7.15. The predicted octanol–water partition coefficient (Wildman–Crippen LogP) is 5.25. The molecule has 4 aromatic rings. The number of amides is 1. The van der Waals surface area contributed by atoms with Crippen molar-refractivity contribution in [3.63, 3.8) is 0 Å². The van der Waals surface area contributed by atoms with Gasteiger partial charge in [-0.05, 0) is 56.0 Å². The van der Waals surface area contributed by atoms with Crippen molar-refractivity contribution in [2.45, 2.75) is 52.3 Å². The van der Waals surface area contributed by atoms with Crippen molar-refractivity contribution in [3.8, 4) is 22.9 Å². The van der Waals surface area contributed by atoms with Crippen molar-refractivity contribution in [3.05, 3.63) is 76.5 Å². The van der Waals surface area contributed by atoms with E-state index in [0.29, 0.717) is 55.4 Å². The number of fused-ring (bicyclic) bond motifs is 3. The number of ether oxygens (including phenoxy) is 2. The normalized spacial score (nSPS) is 14.3. The topological polar surface area (TPSA) is 105 Å². The number of hydrogen-bond acceptors (Lipinski definition) is 7. The number of halogens is 1. The van der Waals surface area contributed by atoms with Gasteiger partial charge in [0.25, 0.3) is 0 Å². The van der Waals surface area contributed by atoms with Gasteiger partial charge in [0.2, 0.25) is 5.95 Å². The monoisotopic (exact) mass is 540 g/mol. The summed E-state index contributed by atoms with van der Waals surface area (Å²) in [5, 5.41) is 12.8. The molecule has 2 aliphatic rings. The van der Waals surface area contributed by atoms with Crippen LogP contribution in [0.25, 0.3) is 16.8 Å². The molecule has 0 atom stereocenters. The van der Waals surface area contributed by atoms with Gasteiger partial charge in [-0.15, -0.1) is 0 Å². The number of nitriles is 1. The molecule has 1 amide bonds. The van der Waals surface area contributed by atoms with E-state index in [1.165, 1.54) is 6.07 Å². The molecule has 4 heterocycles. The number of imidazole rings is 1. The summed E-state index contributed by atoms with van der Waals surface area (Å²) in [5.74, 6) is 0.865. The number of carbonyl (C=O) groups excluding carboxylic acids is 1. The molecule has 0 unspecified atom stereocenters. The summed E-state index contributed by atoms with van der Waals surface area (Å²) in [6.07, 6.45) is 4.38. The first-order chi connectivity index (χ1) is 19.2. The molecule has 40 heavy (non-hydrogen) atoms. The fraction of sp³-hybridized carbons (Fsp3) is 0.333. The molecule has 204 valence electrons. The fourth-order valence-corrected chi connectivity index (χ4v) is 5.24. The Morgan fingerprint density at radius 1 is 1.23 bits per heavy atom. The van der Waals surface area contributed by atoms with Crippen molar-refractivity contribution in [2.75, 3.05) is 18.5 Å². The Hall–Kier alpha value is -4.65. The van der Waals surface area contributed by atoms with Crippen LogP contribution in [0.1, 0.15) is 48.7 Å². The first kappa shape index (κ1) is 25.6. The average molecular weight is 541 g/mol. The van der Waals surface area contributed by atoms with Gasteiger partial charge in [0.05, 0.1) is 12.8 Å². The standard InChI is InChI=1S/C30H29FN6O3/c1-30(2,3)40-29(38)36-10-8-18-12-19(4-5-20(18)16-36)23-14-33-28(37-17-21(13-32)35-27(23)37)34-15-24-22-9-11-39-26(22)7-6-25(24)31/h4-7,12,14,17H,8-11,15-16H2,1-3H3,(H,33,34). The first-order valence-electron chi connectivity index (χ1n) is 13.3. The van der Waals surface area contributed by atoms with Crippen LogP contribution >= 0.6 is 0 Å². The molecule has 2 aromatic carbocycles. The molecule has 0 saturated heterocycles. The maximum Gasteiger partial charge on any atom is 0.410 e. The third-order valence-corrected chi connectivity index (χ3v) is 7.15. The van der Waals surface area contributed by atoms with E-state index in [0.717, 1.165) is 27.8 Å². The van der Waals surface area contributed by atoms with Crippen molar-refractivity contribution < 1.29 is 18.7 Å². The second-order valence-electron chi connectivity index (χ2n) is 11.0. The number of rotatable bonds is 4. The van der Waals surface area contributed by atoms with Gasteiger partial charge >= 0.3 is 6.09 Å². The van der Waals surface area contributed by atoms with E-state index < -0.39 is 5.60 Å². The highest BCUT2D eigenvalue weighted by atomic mass is 19.1. The minimum atomic E-state index is -0.545. The summed E-state index contributed by atoms with van der Waals surface area (Å²) < 4.78 is 27.5. The summed E-state index contributed by atoms with van der Waals surface area (Å²) >= 11 is 0. The van der Waals surface area contributed by atoms with Gasteiger partial charge in [-0.2, -0.15) is 5.26 Å². The highest BCUT2D eigenvalue weighted by Gasteiger charge is 2.26. The number of hydrogen-bond donors (Lipinski definition) is 1. The van der Waals surface area contributed by atoms with Crippen LogP contribution < -0.4 is 10.1 Å². The summed E-state index contributed by atoms with van der Waals surface area (Å²) in [7, 11) is 0. The van der Waals surface area contributed by atoms with Gasteiger partial charge < -0.3 is 19.7 Å². The Morgan fingerprint density at radius 2 is 2.08 bits per heavy atom. The van der Waals surface area contributed by atoms with Gasteiger partial charge in [0.1, 0.15) is 23.2 Å². The second kappa shape index (κ2) is 9.83. The molecule has 10 heteroatoms. The van der Waals surface area contributed by atoms with Gasteiger partial charge in [0.15, 0.2) is 11.3 Å². The van der Waals surface area contributed by atoms with Gasteiger partial charge in [-0.25, -0.2) is 19.2 Å². The number of nitrogens with zero attached hydrogens (tertiary/aromatic N) is 5. The van der Waals surface area contributed by atoms with E-state index in [2.05, 4.69) is 27.4 Å². The zero-order valence-corrected chi connectivity index (χ0v) is 22.6. The smallest absolute Gasteiger partial charge is 0.410 e. The highest BCUT2D eigenvalue weighted by molar-refractivity contribution is 5.79. The zero-order chi connectivity index (χ0) is 28.0. The Morgan fingerprint density at radius 3 is 2.88 bits per heavy atom. The Labute approximate surface area is 231 Å². The average Bonchev–Trinajstić information content (AvgIpc) is 3.58. The Balaban J connectivity index is 1.28. The highest BCUT2D eigenvalue weighted by Crippen LogP contribution is 2.32. The summed E-state index contributed by atoms with van der Waals surface area (Å²) in [5.41, 5.74) is 5.57. The minimum absolute atomic E-state index is 0.215. The molecule has 2 aromatic heterocycles. The molecular formula is C30H29FN6O3. The number of benzene rings is 2. The maximum absolute atomic E-state index is 14.7. The van der Waals surface area contributed by atoms with Crippen LogP contribution in [0.4, 0.5) is 15.1 Å². The lowest BCUT2D eigenvalue weighted by Gasteiger charge is -2.31. The lowest BCUT2D eigenvalue weighted by Crippen LogP contribution is -2.39. The van der Waals surface area contributed by atoms with E-state index in [9.17, 15) is 14.4 Å². The van der Waals surface area contributed by atoms with E-state index in [-0.39, 0.29) is 24.1 Å². The molecular weight excluding hydrogens is 511 g/mol. The van der Waals surface area contributed by atoms with E-state index in [1.54, 1.807) is 27.8 Å². The van der Waals surface area contributed by atoms with Gasteiger partial charge in [-0.1, -0.05) is 18.2 Å². The van der Waals surface area contributed by atoms with Crippen LogP contribution in [0.5, 0.6) is 5.75 Å². The fourth-order valence-electron chi connectivity index (χ4n) is 5.24. The molecule has 0 fully saturated rings. The van der Waals surface area contributed by atoms with Crippen LogP contribution in [-0.2, 0) is 30.7 Å². The van der Waals surface area contributed by atoms with E-state index in [1.807, 2.05) is 32.9 Å². The molecule has 0 spiro atoms. The number of nitrogens with one attached hydrogen (secondary N) is 1. The van der Waals surface area contributed by atoms with E-state index >= 15 is 0 Å². The van der Waals surface area contributed by atoms with Gasteiger partial charge in [0, 0.05) is 48.9 Å². The number of aromatic nitrogens is 3. The molecule has 1 N–H and O–H groups in total. The first-order valence-corrected chi connectivity index (χ1v) is 13.3. The third kappa shape index (κ3) is 4.79. The largest absolute Gasteiger partial charge is 0.493 e. The molecule has 2 aliphatic heterocycles. The predicted molar refractivity (Wildman–Crippen MR) is 146 cm³/mol. The van der Waals surface area contributed by atoms with Crippen molar-refractivity contribution in [2.24, 2.45) is 0 Å². The molecule has 6 rings (SSSR count). The van der Waals surface area contributed by atoms with Crippen LogP contribution in [-0.4, -0.2) is 44.1 Å². The van der Waals surface area contributed by atoms with Crippen LogP contribution in [0.15, 0.2) is 42.7 Å². The quantitative estimate of drug-likeness (QED) is 0.377. The molecule has 0 saturated carbocycles. The molecule has 9 nitrogen and oxygen atoms in total. The minimum Gasteiger partial charge on any atom is -0.493 e. The van der Waals surface area contributed by atoms with E-state index in [4.69, 9.17) is 9.47 Å². The zero-order valence-electron chi connectivity index (χ0n) is 22.6. The molecule has 0 bridgehead atoms. The van der Waals surface area contributed by atoms with Crippen LogP contribution in [0.2, 0.25) is 0 Å².